The average Bonchev–Trinajstić information content (AvgIpc) is 2.98. The fourth-order valence-corrected chi connectivity index (χ4v) is 2.58. The summed E-state index contributed by atoms with van der Waals surface area (Å²) in [5.74, 6) is -0.307. The highest BCUT2D eigenvalue weighted by Gasteiger charge is 2.30. The van der Waals surface area contributed by atoms with Crippen molar-refractivity contribution in [3.05, 3.63) is 29.8 Å². The molecule has 1 saturated heterocycles. The highest BCUT2D eigenvalue weighted by atomic mass is 35.5. The number of hydrogen-bond acceptors (Lipinski definition) is 3. The van der Waals surface area contributed by atoms with Crippen LogP contribution in [0.1, 0.15) is 24.8 Å². The van der Waals surface area contributed by atoms with Gasteiger partial charge in [-0.3, -0.25) is 9.59 Å². The Morgan fingerprint density at radius 3 is 2.55 bits per heavy atom. The second-order valence-electron chi connectivity index (χ2n) is 5.37. The molecule has 1 heterocycles. The number of aryl methyl sites for hydroxylation is 1. The van der Waals surface area contributed by atoms with E-state index in [1.54, 1.807) is 12.0 Å². The summed E-state index contributed by atoms with van der Waals surface area (Å²) < 4.78 is 5.10. The first-order chi connectivity index (χ1) is 10.1. The summed E-state index contributed by atoms with van der Waals surface area (Å²) in [6.45, 7) is 0.926. The number of carbonyl (C=O) groups is 2. The summed E-state index contributed by atoms with van der Waals surface area (Å²) in [6.07, 6.45) is 2.66. The third-order valence-corrected chi connectivity index (χ3v) is 3.91. The third kappa shape index (κ3) is 4.91. The van der Waals surface area contributed by atoms with Crippen LogP contribution in [0.25, 0.3) is 0 Å². The van der Waals surface area contributed by atoms with E-state index in [9.17, 15) is 9.59 Å². The van der Waals surface area contributed by atoms with Gasteiger partial charge in [0.1, 0.15) is 5.75 Å². The number of ether oxygens (including phenoxy) is 1. The molecule has 0 aromatic heterocycles. The Morgan fingerprint density at radius 1 is 1.32 bits per heavy atom. The first kappa shape index (κ1) is 18.3. The van der Waals surface area contributed by atoms with E-state index >= 15 is 0 Å². The van der Waals surface area contributed by atoms with Gasteiger partial charge in [0, 0.05) is 19.5 Å². The molecule has 1 fully saturated rings. The summed E-state index contributed by atoms with van der Waals surface area (Å²) >= 11 is 0. The number of likely N-dealkylation sites (tertiary alicyclic amines) is 1. The van der Waals surface area contributed by atoms with Crippen molar-refractivity contribution in [2.45, 2.75) is 25.7 Å². The fraction of sp³-hybridized carbons (Fsp3) is 0.500. The van der Waals surface area contributed by atoms with Crippen molar-refractivity contribution in [1.82, 2.24) is 4.90 Å². The van der Waals surface area contributed by atoms with Crippen LogP contribution in [-0.4, -0.2) is 42.1 Å². The number of carbonyl (C=O) groups excluding carboxylic acids is 1. The van der Waals surface area contributed by atoms with Gasteiger partial charge in [0.25, 0.3) is 0 Å². The second kappa shape index (κ2) is 8.63. The van der Waals surface area contributed by atoms with Crippen molar-refractivity contribution in [2.24, 2.45) is 5.92 Å². The minimum atomic E-state index is -0.802. The Balaban J connectivity index is 0.00000242. The number of rotatable bonds is 6. The standard InChI is InChI=1S/C16H21NO4.ClH/c1-21-14-7-5-12(6-8-14)3-2-4-15(18)17-10-9-13(11-17)16(19)20;/h5-8,13H,2-4,9-11H2,1H3,(H,19,20);1H. The molecule has 0 saturated carbocycles. The van der Waals surface area contributed by atoms with Crippen LogP contribution in [-0.2, 0) is 16.0 Å². The molecule has 1 N–H and O–H groups in total. The molecule has 2 rings (SSSR count). The van der Waals surface area contributed by atoms with Crippen LogP contribution < -0.4 is 4.74 Å². The van der Waals surface area contributed by atoms with Crippen molar-refractivity contribution in [1.29, 1.82) is 0 Å². The van der Waals surface area contributed by atoms with E-state index in [2.05, 4.69) is 0 Å². The summed E-state index contributed by atoms with van der Waals surface area (Å²) in [6, 6.07) is 7.82. The molecule has 0 aliphatic carbocycles. The Bertz CT molecular complexity index is 503. The minimum absolute atomic E-state index is 0. The highest BCUT2D eigenvalue weighted by Crippen LogP contribution is 2.18. The van der Waals surface area contributed by atoms with Gasteiger partial charge in [0.2, 0.25) is 5.91 Å². The number of halogens is 1. The van der Waals surface area contributed by atoms with Crippen molar-refractivity contribution < 1.29 is 19.4 Å². The normalized spacial score (nSPS) is 17.0. The average molecular weight is 328 g/mol. The van der Waals surface area contributed by atoms with Crippen molar-refractivity contribution >= 4 is 24.3 Å². The van der Waals surface area contributed by atoms with Crippen molar-refractivity contribution in [3.63, 3.8) is 0 Å². The predicted octanol–water partition coefficient (Wildman–Crippen LogP) is 2.37. The molecule has 0 bridgehead atoms. The van der Waals surface area contributed by atoms with Gasteiger partial charge in [0.05, 0.1) is 13.0 Å². The van der Waals surface area contributed by atoms with E-state index in [0.717, 1.165) is 18.6 Å². The molecule has 1 aromatic carbocycles. The number of hydrogen-bond donors (Lipinski definition) is 1. The third-order valence-electron chi connectivity index (χ3n) is 3.91. The zero-order chi connectivity index (χ0) is 15.2. The van der Waals surface area contributed by atoms with E-state index in [4.69, 9.17) is 9.84 Å². The van der Waals surface area contributed by atoms with E-state index < -0.39 is 11.9 Å². The molecule has 1 atom stereocenters. The number of nitrogens with zero attached hydrogens (tertiary/aromatic N) is 1. The topological polar surface area (TPSA) is 66.8 Å². The first-order valence-corrected chi connectivity index (χ1v) is 7.23. The summed E-state index contributed by atoms with van der Waals surface area (Å²) in [5.41, 5.74) is 1.17. The molecule has 1 aliphatic heterocycles. The molecular formula is C16H22ClNO4. The zero-order valence-electron chi connectivity index (χ0n) is 12.7. The van der Waals surface area contributed by atoms with Gasteiger partial charge in [0.15, 0.2) is 0 Å². The van der Waals surface area contributed by atoms with Crippen LogP contribution in [0.2, 0.25) is 0 Å². The number of methoxy groups -OCH3 is 1. The second-order valence-corrected chi connectivity index (χ2v) is 5.37. The lowest BCUT2D eigenvalue weighted by Crippen LogP contribution is -2.29. The smallest absolute Gasteiger partial charge is 0.308 e. The van der Waals surface area contributed by atoms with Gasteiger partial charge in [-0.25, -0.2) is 0 Å². The molecule has 22 heavy (non-hydrogen) atoms. The maximum absolute atomic E-state index is 12.0. The largest absolute Gasteiger partial charge is 0.497 e. The van der Waals surface area contributed by atoms with Gasteiger partial charge in [-0.2, -0.15) is 0 Å². The maximum atomic E-state index is 12.0. The molecule has 1 aliphatic rings. The molecule has 0 spiro atoms. The van der Waals surface area contributed by atoms with Gasteiger partial charge >= 0.3 is 5.97 Å². The number of carboxylic acid groups (broad SMARTS) is 1. The van der Waals surface area contributed by atoms with Crippen LogP contribution in [0.15, 0.2) is 24.3 Å². The van der Waals surface area contributed by atoms with E-state index in [1.165, 1.54) is 5.56 Å². The van der Waals surface area contributed by atoms with Gasteiger partial charge in [-0.15, -0.1) is 12.4 Å². The zero-order valence-corrected chi connectivity index (χ0v) is 13.5. The molecule has 1 unspecified atom stereocenters. The Labute approximate surface area is 136 Å². The fourth-order valence-electron chi connectivity index (χ4n) is 2.58. The molecule has 1 amide bonds. The number of benzene rings is 1. The van der Waals surface area contributed by atoms with Crippen LogP contribution in [0.5, 0.6) is 5.75 Å². The number of carboxylic acids is 1. The van der Waals surface area contributed by atoms with Gasteiger partial charge < -0.3 is 14.7 Å². The monoisotopic (exact) mass is 327 g/mol. The van der Waals surface area contributed by atoms with Crippen LogP contribution in [0.3, 0.4) is 0 Å². The maximum Gasteiger partial charge on any atom is 0.308 e. The molecule has 122 valence electrons. The van der Waals surface area contributed by atoms with Gasteiger partial charge in [-0.05, 0) is 37.0 Å². The molecule has 6 heteroatoms. The first-order valence-electron chi connectivity index (χ1n) is 7.23. The lowest BCUT2D eigenvalue weighted by Gasteiger charge is -2.15. The van der Waals surface area contributed by atoms with Crippen molar-refractivity contribution in [2.75, 3.05) is 20.2 Å². The molecule has 5 nitrogen and oxygen atoms in total. The lowest BCUT2D eigenvalue weighted by atomic mass is 10.1. The summed E-state index contributed by atoms with van der Waals surface area (Å²) in [7, 11) is 1.63. The summed E-state index contributed by atoms with van der Waals surface area (Å²) in [5, 5.41) is 8.93. The van der Waals surface area contributed by atoms with E-state index in [-0.39, 0.29) is 18.3 Å². The Morgan fingerprint density at radius 2 is 2.00 bits per heavy atom. The highest BCUT2D eigenvalue weighted by molar-refractivity contribution is 5.85. The lowest BCUT2D eigenvalue weighted by molar-refractivity contribution is -0.141. The van der Waals surface area contributed by atoms with E-state index in [1.807, 2.05) is 24.3 Å². The van der Waals surface area contributed by atoms with Crippen LogP contribution in [0.4, 0.5) is 0 Å². The van der Waals surface area contributed by atoms with E-state index in [0.29, 0.717) is 25.9 Å². The quantitative estimate of drug-likeness (QED) is 0.871. The number of aliphatic carboxylic acids is 1. The van der Waals surface area contributed by atoms with Gasteiger partial charge in [-0.1, -0.05) is 12.1 Å². The SMILES string of the molecule is COc1ccc(CCCC(=O)N2CCC(C(=O)O)C2)cc1.Cl. The predicted molar refractivity (Wildman–Crippen MR) is 85.5 cm³/mol. The molecular weight excluding hydrogens is 306 g/mol. The van der Waals surface area contributed by atoms with Crippen molar-refractivity contribution in [3.8, 4) is 5.75 Å². The van der Waals surface area contributed by atoms with Crippen LogP contribution >= 0.6 is 12.4 Å². The Kier molecular flexibility index (Phi) is 7.18. The minimum Gasteiger partial charge on any atom is -0.497 e. The molecule has 1 aromatic rings. The Hall–Kier alpha value is -1.75. The number of amides is 1. The van der Waals surface area contributed by atoms with Crippen LogP contribution in [0, 0.1) is 5.92 Å². The molecule has 0 radical (unpaired) electrons. The summed E-state index contributed by atoms with van der Waals surface area (Å²) in [4.78, 5) is 24.6.